The van der Waals surface area contributed by atoms with Gasteiger partial charge in [-0.15, -0.1) is 0 Å². The molecule has 0 radical (unpaired) electrons. The normalized spacial score (nSPS) is 12.9. The number of rotatable bonds is 8. The smallest absolute Gasteiger partial charge is 0.0896 e. The zero-order valence-electron chi connectivity index (χ0n) is 12.0. The summed E-state index contributed by atoms with van der Waals surface area (Å²) in [5.41, 5.74) is 2.29. The Hall–Kier alpha value is -0.350. The zero-order chi connectivity index (χ0) is 13.5. The van der Waals surface area contributed by atoms with Crippen molar-refractivity contribution in [3.8, 4) is 0 Å². The van der Waals surface area contributed by atoms with E-state index in [0.717, 1.165) is 35.4 Å². The van der Waals surface area contributed by atoms with Crippen LogP contribution in [0.4, 0.5) is 0 Å². The summed E-state index contributed by atoms with van der Waals surface area (Å²) in [5, 5.41) is 4.57. The third kappa shape index (κ3) is 4.09. The van der Waals surface area contributed by atoms with E-state index in [1.54, 1.807) is 0 Å². The molecule has 0 bridgehead atoms. The Kier molecular flexibility index (Phi) is 6.94. The summed E-state index contributed by atoms with van der Waals surface area (Å²) < 4.78 is 8.98. The maximum atomic E-state index is 5.82. The van der Waals surface area contributed by atoms with Crippen LogP contribution in [0.5, 0.6) is 0 Å². The van der Waals surface area contributed by atoms with E-state index in [4.69, 9.17) is 4.74 Å². The maximum absolute atomic E-state index is 5.82. The lowest BCUT2D eigenvalue weighted by molar-refractivity contribution is 0.0843. The molecule has 0 amide bonds. The SMILES string of the molecule is CCCC(C)COCc1c(Br)c(CC)nn1CC. The molecule has 1 rings (SSSR count). The molecule has 1 aromatic rings. The van der Waals surface area contributed by atoms with Crippen molar-refractivity contribution in [1.29, 1.82) is 0 Å². The maximum Gasteiger partial charge on any atom is 0.0896 e. The van der Waals surface area contributed by atoms with Crippen molar-refractivity contribution in [3.63, 3.8) is 0 Å². The molecule has 104 valence electrons. The Morgan fingerprint density at radius 1 is 1.33 bits per heavy atom. The number of hydrogen-bond donors (Lipinski definition) is 0. The lowest BCUT2D eigenvalue weighted by atomic mass is 10.1. The lowest BCUT2D eigenvalue weighted by Gasteiger charge is -2.11. The predicted molar refractivity (Wildman–Crippen MR) is 78.7 cm³/mol. The molecule has 0 saturated heterocycles. The highest BCUT2D eigenvalue weighted by Gasteiger charge is 2.14. The Bertz CT molecular complexity index is 363. The van der Waals surface area contributed by atoms with Crippen molar-refractivity contribution in [1.82, 2.24) is 9.78 Å². The van der Waals surface area contributed by atoms with Gasteiger partial charge in [-0.1, -0.05) is 27.2 Å². The van der Waals surface area contributed by atoms with E-state index in [1.807, 2.05) is 4.68 Å². The number of aryl methyl sites for hydroxylation is 2. The topological polar surface area (TPSA) is 27.1 Å². The molecule has 1 unspecified atom stereocenters. The molecule has 0 aliphatic rings. The molecule has 0 N–H and O–H groups in total. The summed E-state index contributed by atoms with van der Waals surface area (Å²) in [7, 11) is 0. The van der Waals surface area contributed by atoms with Gasteiger partial charge in [0.05, 0.1) is 22.5 Å². The Balaban J connectivity index is 2.58. The highest BCUT2D eigenvalue weighted by atomic mass is 79.9. The first-order valence-corrected chi connectivity index (χ1v) is 7.75. The van der Waals surface area contributed by atoms with Gasteiger partial charge in [-0.05, 0) is 41.6 Å². The second-order valence-corrected chi connectivity index (χ2v) is 5.58. The number of halogens is 1. The van der Waals surface area contributed by atoms with Gasteiger partial charge in [-0.25, -0.2) is 0 Å². The molecule has 3 nitrogen and oxygen atoms in total. The predicted octanol–water partition coefficient (Wildman–Crippen LogP) is 4.18. The van der Waals surface area contributed by atoms with Gasteiger partial charge in [0.15, 0.2) is 0 Å². The molecule has 18 heavy (non-hydrogen) atoms. The zero-order valence-corrected chi connectivity index (χ0v) is 13.6. The van der Waals surface area contributed by atoms with E-state index in [0.29, 0.717) is 12.5 Å². The second kappa shape index (κ2) is 7.95. The lowest BCUT2D eigenvalue weighted by Crippen LogP contribution is -2.09. The van der Waals surface area contributed by atoms with Crippen molar-refractivity contribution in [3.05, 3.63) is 15.9 Å². The van der Waals surface area contributed by atoms with Gasteiger partial charge in [0.2, 0.25) is 0 Å². The molecule has 1 aromatic heterocycles. The van der Waals surface area contributed by atoms with Crippen LogP contribution in [0.3, 0.4) is 0 Å². The molecule has 0 spiro atoms. The van der Waals surface area contributed by atoms with Gasteiger partial charge in [0, 0.05) is 13.2 Å². The van der Waals surface area contributed by atoms with Crippen LogP contribution in [0.2, 0.25) is 0 Å². The molecule has 1 heterocycles. The fourth-order valence-corrected chi connectivity index (χ4v) is 2.77. The molecule has 1 atom stereocenters. The highest BCUT2D eigenvalue weighted by molar-refractivity contribution is 9.10. The van der Waals surface area contributed by atoms with Crippen LogP contribution in [-0.2, 0) is 24.3 Å². The van der Waals surface area contributed by atoms with E-state index in [9.17, 15) is 0 Å². The minimum absolute atomic E-state index is 0.636. The summed E-state index contributed by atoms with van der Waals surface area (Å²) in [4.78, 5) is 0. The first kappa shape index (κ1) is 15.7. The molecular weight excluding hydrogens is 292 g/mol. The van der Waals surface area contributed by atoms with Crippen LogP contribution in [0, 0.1) is 5.92 Å². The van der Waals surface area contributed by atoms with Crippen LogP contribution in [-0.4, -0.2) is 16.4 Å². The van der Waals surface area contributed by atoms with Crippen LogP contribution < -0.4 is 0 Å². The van der Waals surface area contributed by atoms with Crippen LogP contribution in [0.25, 0.3) is 0 Å². The number of ether oxygens (including phenoxy) is 1. The molecule has 0 fully saturated rings. The van der Waals surface area contributed by atoms with E-state index in [2.05, 4.69) is 48.7 Å². The van der Waals surface area contributed by atoms with Gasteiger partial charge in [-0.2, -0.15) is 5.10 Å². The molecule has 0 saturated carbocycles. The van der Waals surface area contributed by atoms with Gasteiger partial charge < -0.3 is 4.74 Å². The van der Waals surface area contributed by atoms with Gasteiger partial charge in [-0.3, -0.25) is 4.68 Å². The van der Waals surface area contributed by atoms with Crippen LogP contribution >= 0.6 is 15.9 Å². The summed E-state index contributed by atoms with van der Waals surface area (Å²) in [5.74, 6) is 0.636. The standard InChI is InChI=1S/C14H25BrN2O/c1-5-8-11(4)9-18-10-13-14(15)12(6-2)16-17(13)7-3/h11H,5-10H2,1-4H3. The van der Waals surface area contributed by atoms with E-state index in [1.165, 1.54) is 12.8 Å². The first-order valence-electron chi connectivity index (χ1n) is 6.95. The molecular formula is C14H25BrN2O. The number of aromatic nitrogens is 2. The van der Waals surface area contributed by atoms with Crippen molar-refractivity contribution in [2.75, 3.05) is 6.61 Å². The summed E-state index contributed by atoms with van der Waals surface area (Å²) in [6, 6.07) is 0. The second-order valence-electron chi connectivity index (χ2n) is 4.79. The molecule has 0 aliphatic carbocycles. The van der Waals surface area contributed by atoms with Gasteiger partial charge in [0.1, 0.15) is 0 Å². The van der Waals surface area contributed by atoms with Crippen LogP contribution in [0.15, 0.2) is 4.47 Å². The van der Waals surface area contributed by atoms with E-state index < -0.39 is 0 Å². The average Bonchev–Trinajstić information content (AvgIpc) is 2.66. The summed E-state index contributed by atoms with van der Waals surface area (Å²) in [6.07, 6.45) is 3.41. The van der Waals surface area contributed by atoms with Crippen molar-refractivity contribution < 1.29 is 4.74 Å². The Labute approximate surface area is 119 Å². The van der Waals surface area contributed by atoms with Crippen molar-refractivity contribution in [2.45, 2.75) is 60.1 Å². The van der Waals surface area contributed by atoms with E-state index >= 15 is 0 Å². The fourth-order valence-electron chi connectivity index (χ4n) is 2.09. The first-order chi connectivity index (χ1) is 8.63. The number of nitrogens with zero attached hydrogens (tertiary/aromatic N) is 2. The summed E-state index contributed by atoms with van der Waals surface area (Å²) >= 11 is 3.64. The fraction of sp³-hybridized carbons (Fsp3) is 0.786. The van der Waals surface area contributed by atoms with Gasteiger partial charge >= 0.3 is 0 Å². The van der Waals surface area contributed by atoms with Crippen molar-refractivity contribution in [2.24, 2.45) is 5.92 Å². The largest absolute Gasteiger partial charge is 0.375 e. The van der Waals surface area contributed by atoms with Gasteiger partial charge in [0.25, 0.3) is 0 Å². The number of hydrogen-bond acceptors (Lipinski definition) is 2. The van der Waals surface area contributed by atoms with Crippen molar-refractivity contribution >= 4 is 15.9 Å². The monoisotopic (exact) mass is 316 g/mol. The molecule has 0 aromatic carbocycles. The minimum Gasteiger partial charge on any atom is -0.375 e. The molecule has 0 aliphatic heterocycles. The van der Waals surface area contributed by atoms with E-state index in [-0.39, 0.29) is 0 Å². The highest BCUT2D eigenvalue weighted by Crippen LogP contribution is 2.23. The third-order valence-corrected chi connectivity index (χ3v) is 4.03. The third-order valence-electron chi connectivity index (χ3n) is 3.12. The molecule has 4 heteroatoms. The quantitative estimate of drug-likeness (QED) is 0.719. The summed E-state index contributed by atoms with van der Waals surface area (Å²) in [6.45, 7) is 11.1. The average molecular weight is 317 g/mol. The Morgan fingerprint density at radius 2 is 2.06 bits per heavy atom. The van der Waals surface area contributed by atoms with Crippen LogP contribution in [0.1, 0.15) is 51.9 Å². The minimum atomic E-state index is 0.636. The Morgan fingerprint density at radius 3 is 2.61 bits per heavy atom.